The minimum Gasteiger partial charge on any atom is -0.481 e. The molecule has 5 nitrogen and oxygen atoms in total. The van der Waals surface area contributed by atoms with Crippen LogP contribution in [-0.2, 0) is 14.3 Å². The average Bonchev–Trinajstić information content (AvgIpc) is 2.95. The number of hydrogen-bond acceptors (Lipinski definition) is 3. The molecule has 3 aliphatic rings. The molecule has 0 radical (unpaired) electrons. The van der Waals surface area contributed by atoms with Crippen LogP contribution in [0.15, 0.2) is 12.2 Å². The summed E-state index contributed by atoms with van der Waals surface area (Å²) in [6, 6.07) is 0. The highest BCUT2D eigenvalue weighted by Gasteiger charge is 2.66. The van der Waals surface area contributed by atoms with Crippen LogP contribution in [0, 0.1) is 11.8 Å². The molecule has 3 rings (SSSR count). The first-order valence-electron chi connectivity index (χ1n) is 6.48. The fraction of sp³-hybridized carbons (Fsp3) is 0.692. The summed E-state index contributed by atoms with van der Waals surface area (Å²) in [4.78, 5) is 25.4. The largest absolute Gasteiger partial charge is 0.481 e. The maximum absolute atomic E-state index is 12.3. The van der Waals surface area contributed by atoms with Gasteiger partial charge in [0.2, 0.25) is 5.91 Å². The number of ether oxygens (including phenoxy) is 1. The molecule has 1 N–H and O–H groups in total. The zero-order valence-electron chi connectivity index (χ0n) is 10.3. The van der Waals surface area contributed by atoms with Gasteiger partial charge in [0.25, 0.3) is 0 Å². The zero-order chi connectivity index (χ0) is 12.9. The van der Waals surface area contributed by atoms with Crippen LogP contribution in [0.5, 0.6) is 0 Å². The van der Waals surface area contributed by atoms with E-state index in [9.17, 15) is 14.7 Å². The number of likely N-dealkylation sites (tertiary alicyclic amines) is 1. The molecule has 2 saturated heterocycles. The summed E-state index contributed by atoms with van der Waals surface area (Å²) in [7, 11) is 0. The van der Waals surface area contributed by atoms with Crippen molar-refractivity contribution in [3.63, 3.8) is 0 Å². The highest BCUT2D eigenvalue weighted by atomic mass is 16.5. The van der Waals surface area contributed by atoms with Crippen molar-refractivity contribution >= 4 is 11.9 Å². The first kappa shape index (κ1) is 11.7. The first-order chi connectivity index (χ1) is 8.59. The van der Waals surface area contributed by atoms with Gasteiger partial charge in [-0.2, -0.15) is 0 Å². The predicted molar refractivity (Wildman–Crippen MR) is 62.8 cm³/mol. The fourth-order valence-corrected chi connectivity index (χ4v) is 3.40. The van der Waals surface area contributed by atoms with E-state index in [4.69, 9.17) is 4.74 Å². The van der Waals surface area contributed by atoms with E-state index in [-0.39, 0.29) is 5.91 Å². The second kappa shape index (κ2) is 3.82. The molecule has 0 aromatic rings. The summed E-state index contributed by atoms with van der Waals surface area (Å²) in [6.45, 7) is 3.27. The van der Waals surface area contributed by atoms with Crippen LogP contribution in [0.25, 0.3) is 0 Å². The van der Waals surface area contributed by atoms with Gasteiger partial charge in [-0.05, 0) is 6.42 Å². The SMILES string of the molecule is CCCCN1C[C@@]23C=C[C@@H](O2)[C@@H](C(=O)O)[C@@H]3C1=O. The lowest BCUT2D eigenvalue weighted by Crippen LogP contribution is -2.39. The number of nitrogens with zero attached hydrogens (tertiary/aromatic N) is 1. The van der Waals surface area contributed by atoms with Gasteiger partial charge in [0.1, 0.15) is 11.5 Å². The summed E-state index contributed by atoms with van der Waals surface area (Å²) in [5.74, 6) is -2.22. The third kappa shape index (κ3) is 1.37. The molecule has 4 atom stereocenters. The van der Waals surface area contributed by atoms with Crippen LogP contribution in [0.2, 0.25) is 0 Å². The van der Waals surface area contributed by atoms with Gasteiger partial charge in [0.05, 0.1) is 18.6 Å². The lowest BCUT2D eigenvalue weighted by atomic mass is 9.77. The van der Waals surface area contributed by atoms with Gasteiger partial charge in [-0.1, -0.05) is 25.5 Å². The molecular formula is C13H17NO4. The predicted octanol–water partition coefficient (Wildman–Crippen LogP) is 0.653. The number of aliphatic carboxylic acids is 1. The Balaban J connectivity index is 1.87. The quantitative estimate of drug-likeness (QED) is 0.745. The summed E-state index contributed by atoms with van der Waals surface area (Å²) < 4.78 is 5.78. The fourth-order valence-electron chi connectivity index (χ4n) is 3.40. The van der Waals surface area contributed by atoms with E-state index >= 15 is 0 Å². The molecule has 18 heavy (non-hydrogen) atoms. The Morgan fingerprint density at radius 1 is 1.67 bits per heavy atom. The van der Waals surface area contributed by atoms with Gasteiger partial charge in [-0.15, -0.1) is 0 Å². The minimum absolute atomic E-state index is 0.0531. The van der Waals surface area contributed by atoms with Crippen molar-refractivity contribution in [3.8, 4) is 0 Å². The molecule has 0 unspecified atom stereocenters. The molecule has 1 spiro atoms. The van der Waals surface area contributed by atoms with E-state index in [1.807, 2.05) is 6.08 Å². The third-order valence-electron chi connectivity index (χ3n) is 4.25. The highest BCUT2D eigenvalue weighted by molar-refractivity contribution is 5.90. The molecule has 3 aliphatic heterocycles. The Kier molecular flexibility index (Phi) is 2.48. The molecule has 2 fully saturated rings. The number of carbonyl (C=O) groups excluding carboxylic acids is 1. The zero-order valence-corrected chi connectivity index (χ0v) is 10.3. The van der Waals surface area contributed by atoms with Crippen LogP contribution in [-0.4, -0.2) is 46.7 Å². The van der Waals surface area contributed by atoms with E-state index in [1.165, 1.54) is 0 Å². The number of carbonyl (C=O) groups is 2. The van der Waals surface area contributed by atoms with E-state index in [1.54, 1.807) is 11.0 Å². The van der Waals surface area contributed by atoms with Gasteiger partial charge >= 0.3 is 5.97 Å². The number of amides is 1. The van der Waals surface area contributed by atoms with E-state index in [2.05, 4.69) is 6.92 Å². The Morgan fingerprint density at radius 3 is 3.11 bits per heavy atom. The standard InChI is InChI=1S/C13H17NO4/c1-2-3-6-14-7-13-5-4-8(18-13)9(12(16)17)10(13)11(14)15/h4-5,8-10H,2-3,6-7H2,1H3,(H,16,17)/t8-,9-,10-,13-/m1/s1. The maximum Gasteiger partial charge on any atom is 0.310 e. The lowest BCUT2D eigenvalue weighted by Gasteiger charge is -2.21. The number of unbranched alkanes of at least 4 members (excludes halogenated alkanes) is 1. The summed E-state index contributed by atoms with van der Waals surface area (Å²) >= 11 is 0. The monoisotopic (exact) mass is 251 g/mol. The first-order valence-corrected chi connectivity index (χ1v) is 6.48. The van der Waals surface area contributed by atoms with Crippen LogP contribution < -0.4 is 0 Å². The molecule has 98 valence electrons. The van der Waals surface area contributed by atoms with Gasteiger partial charge in [0, 0.05) is 6.54 Å². The Morgan fingerprint density at radius 2 is 2.44 bits per heavy atom. The van der Waals surface area contributed by atoms with Crippen molar-refractivity contribution in [2.45, 2.75) is 31.5 Å². The molecule has 0 aromatic carbocycles. The number of fused-ring (bicyclic) bond motifs is 1. The van der Waals surface area contributed by atoms with Crippen molar-refractivity contribution in [1.82, 2.24) is 4.90 Å². The number of carboxylic acid groups (broad SMARTS) is 1. The van der Waals surface area contributed by atoms with Crippen molar-refractivity contribution < 1.29 is 19.4 Å². The molecule has 3 heterocycles. The third-order valence-corrected chi connectivity index (χ3v) is 4.25. The molecule has 0 aliphatic carbocycles. The molecule has 0 saturated carbocycles. The maximum atomic E-state index is 12.3. The number of rotatable bonds is 4. The van der Waals surface area contributed by atoms with Crippen molar-refractivity contribution in [3.05, 3.63) is 12.2 Å². The topological polar surface area (TPSA) is 66.8 Å². The second-order valence-electron chi connectivity index (χ2n) is 5.35. The smallest absolute Gasteiger partial charge is 0.310 e. The molecule has 0 aromatic heterocycles. The summed E-state index contributed by atoms with van der Waals surface area (Å²) in [5, 5.41) is 9.27. The average molecular weight is 251 g/mol. The Labute approximate surface area is 105 Å². The van der Waals surface area contributed by atoms with Crippen molar-refractivity contribution in [2.75, 3.05) is 13.1 Å². The van der Waals surface area contributed by atoms with Gasteiger partial charge in [-0.3, -0.25) is 9.59 Å². The highest BCUT2D eigenvalue weighted by Crippen LogP contribution is 2.51. The van der Waals surface area contributed by atoms with E-state index in [0.29, 0.717) is 13.1 Å². The molecular weight excluding hydrogens is 234 g/mol. The van der Waals surface area contributed by atoms with Gasteiger partial charge in [0.15, 0.2) is 0 Å². The number of hydrogen-bond donors (Lipinski definition) is 1. The molecule has 2 bridgehead atoms. The van der Waals surface area contributed by atoms with Gasteiger partial charge in [-0.25, -0.2) is 0 Å². The van der Waals surface area contributed by atoms with E-state index in [0.717, 1.165) is 12.8 Å². The Hall–Kier alpha value is -1.36. The van der Waals surface area contributed by atoms with E-state index < -0.39 is 29.5 Å². The van der Waals surface area contributed by atoms with Crippen LogP contribution >= 0.6 is 0 Å². The van der Waals surface area contributed by atoms with Crippen LogP contribution in [0.1, 0.15) is 19.8 Å². The van der Waals surface area contributed by atoms with Crippen LogP contribution in [0.4, 0.5) is 0 Å². The molecule has 5 heteroatoms. The normalized spacial score (nSPS) is 40.6. The second-order valence-corrected chi connectivity index (χ2v) is 5.35. The minimum atomic E-state index is -0.929. The van der Waals surface area contributed by atoms with Crippen molar-refractivity contribution in [1.29, 1.82) is 0 Å². The summed E-state index contributed by atoms with van der Waals surface area (Å²) in [5.41, 5.74) is -0.668. The number of carboxylic acids is 1. The summed E-state index contributed by atoms with van der Waals surface area (Å²) in [6.07, 6.45) is 5.23. The van der Waals surface area contributed by atoms with Gasteiger partial charge < -0.3 is 14.7 Å². The Bertz CT molecular complexity index is 433. The lowest BCUT2D eigenvalue weighted by molar-refractivity contribution is -0.148. The van der Waals surface area contributed by atoms with Crippen molar-refractivity contribution in [2.24, 2.45) is 11.8 Å². The van der Waals surface area contributed by atoms with Crippen LogP contribution in [0.3, 0.4) is 0 Å². The molecule has 1 amide bonds.